The molecule has 174 valence electrons. The molecule has 3 aromatic rings. The summed E-state index contributed by atoms with van der Waals surface area (Å²) in [6, 6.07) is 12.5. The molecule has 1 unspecified atom stereocenters. The van der Waals surface area contributed by atoms with Crippen LogP contribution in [-0.4, -0.2) is 30.7 Å². The van der Waals surface area contributed by atoms with Gasteiger partial charge in [-0.25, -0.2) is 0 Å². The maximum Gasteiger partial charge on any atom is 0.300 e. The van der Waals surface area contributed by atoms with Gasteiger partial charge in [-0.15, -0.1) is 0 Å². The first-order valence-electron chi connectivity index (χ1n) is 10.8. The van der Waals surface area contributed by atoms with E-state index >= 15 is 0 Å². The normalized spacial score (nSPS) is 18.7. The average molecular weight is 461 g/mol. The molecule has 0 saturated carbocycles. The standard InChI is InChI=1S/C26H23NO7/c1-14(2)17-11-15(6-8-18(17)31-3)24(28)22-23(20-5-4-10-32-20)27(26(30)25(22)29)16-7-9-19-21(12-16)34-13-33-19/h4-12,14,23,28H,13H2,1-3H3/b24-22-. The lowest BCUT2D eigenvalue weighted by Gasteiger charge is -2.23. The van der Waals surface area contributed by atoms with Gasteiger partial charge in [0, 0.05) is 17.3 Å². The van der Waals surface area contributed by atoms with Crippen LogP contribution in [-0.2, 0) is 9.59 Å². The SMILES string of the molecule is COc1ccc(/C(O)=C2/C(=O)C(=O)N(c3ccc4c(c3)OCO4)C2c2ccco2)cc1C(C)C. The third kappa shape index (κ3) is 3.39. The van der Waals surface area contributed by atoms with Crippen molar-refractivity contribution in [3.8, 4) is 17.2 Å². The number of amides is 1. The van der Waals surface area contributed by atoms with Crippen LogP contribution in [0.15, 0.2) is 64.8 Å². The highest BCUT2D eigenvalue weighted by atomic mass is 16.7. The van der Waals surface area contributed by atoms with Crippen molar-refractivity contribution in [3.05, 3.63) is 77.3 Å². The Bertz CT molecular complexity index is 1310. The summed E-state index contributed by atoms with van der Waals surface area (Å²) in [4.78, 5) is 27.8. The highest BCUT2D eigenvalue weighted by molar-refractivity contribution is 6.51. The zero-order valence-corrected chi connectivity index (χ0v) is 18.9. The highest BCUT2D eigenvalue weighted by Gasteiger charge is 2.48. The van der Waals surface area contributed by atoms with Crippen LogP contribution < -0.4 is 19.1 Å². The fraction of sp³-hybridized carbons (Fsp3) is 0.231. The maximum absolute atomic E-state index is 13.3. The Hall–Kier alpha value is -4.20. The molecule has 8 heteroatoms. The third-order valence-electron chi connectivity index (χ3n) is 6.02. The van der Waals surface area contributed by atoms with Crippen LogP contribution in [0.1, 0.15) is 42.7 Å². The van der Waals surface area contributed by atoms with Gasteiger partial charge >= 0.3 is 0 Å². The molecule has 1 aromatic heterocycles. The minimum Gasteiger partial charge on any atom is -0.507 e. The maximum atomic E-state index is 13.3. The van der Waals surface area contributed by atoms with E-state index in [0.717, 1.165) is 5.56 Å². The largest absolute Gasteiger partial charge is 0.507 e. The summed E-state index contributed by atoms with van der Waals surface area (Å²) < 4.78 is 21.8. The Morgan fingerprint density at radius 2 is 1.88 bits per heavy atom. The first-order chi connectivity index (χ1) is 16.4. The first-order valence-corrected chi connectivity index (χ1v) is 10.8. The Kier molecular flexibility index (Phi) is 5.28. The number of nitrogens with zero attached hydrogens (tertiary/aromatic N) is 1. The van der Waals surface area contributed by atoms with Crippen molar-refractivity contribution in [2.75, 3.05) is 18.8 Å². The molecule has 1 amide bonds. The average Bonchev–Trinajstić information content (AvgIpc) is 3.58. The Labute approximate surface area is 196 Å². The molecule has 2 aliphatic rings. The van der Waals surface area contributed by atoms with Crippen LogP contribution in [0.2, 0.25) is 0 Å². The topological polar surface area (TPSA) is 98.4 Å². The quantitative estimate of drug-likeness (QED) is 0.332. The van der Waals surface area contributed by atoms with Crippen molar-refractivity contribution < 1.29 is 33.3 Å². The van der Waals surface area contributed by atoms with Crippen molar-refractivity contribution in [1.82, 2.24) is 0 Å². The van der Waals surface area contributed by atoms with Gasteiger partial charge in [0.2, 0.25) is 6.79 Å². The van der Waals surface area contributed by atoms with Crippen molar-refractivity contribution in [1.29, 1.82) is 0 Å². The van der Waals surface area contributed by atoms with E-state index in [9.17, 15) is 14.7 Å². The molecular weight excluding hydrogens is 438 g/mol. The molecule has 2 aromatic carbocycles. The van der Waals surface area contributed by atoms with E-state index in [1.165, 1.54) is 11.2 Å². The predicted octanol–water partition coefficient (Wildman–Crippen LogP) is 4.77. The molecule has 2 aliphatic heterocycles. The molecule has 3 heterocycles. The Morgan fingerprint density at radius 3 is 2.59 bits per heavy atom. The lowest BCUT2D eigenvalue weighted by Crippen LogP contribution is -2.29. The lowest BCUT2D eigenvalue weighted by atomic mass is 9.95. The molecule has 1 fully saturated rings. The van der Waals surface area contributed by atoms with Gasteiger partial charge in [-0.3, -0.25) is 14.5 Å². The van der Waals surface area contributed by atoms with Gasteiger partial charge < -0.3 is 23.7 Å². The molecule has 0 aliphatic carbocycles. The fourth-order valence-corrected chi connectivity index (χ4v) is 4.34. The summed E-state index contributed by atoms with van der Waals surface area (Å²) in [6.45, 7) is 4.08. The van der Waals surface area contributed by atoms with Crippen molar-refractivity contribution >= 4 is 23.1 Å². The van der Waals surface area contributed by atoms with Gasteiger partial charge in [0.25, 0.3) is 11.7 Å². The number of ether oxygens (including phenoxy) is 3. The zero-order valence-electron chi connectivity index (χ0n) is 18.9. The molecular formula is C26H23NO7. The molecule has 0 bridgehead atoms. The number of aliphatic hydroxyl groups is 1. The van der Waals surface area contributed by atoms with E-state index in [1.54, 1.807) is 55.6 Å². The number of carbonyl (C=O) groups is 2. The van der Waals surface area contributed by atoms with Gasteiger partial charge in [-0.1, -0.05) is 13.8 Å². The Morgan fingerprint density at radius 1 is 1.09 bits per heavy atom. The number of benzene rings is 2. The van der Waals surface area contributed by atoms with Crippen LogP contribution in [0.4, 0.5) is 5.69 Å². The number of fused-ring (bicyclic) bond motifs is 1. The second-order valence-corrected chi connectivity index (χ2v) is 8.33. The van der Waals surface area contributed by atoms with E-state index in [-0.39, 0.29) is 24.0 Å². The molecule has 8 nitrogen and oxygen atoms in total. The Balaban J connectivity index is 1.67. The van der Waals surface area contributed by atoms with E-state index in [0.29, 0.717) is 34.3 Å². The summed E-state index contributed by atoms with van der Waals surface area (Å²) in [5.41, 5.74) is 1.64. The molecule has 5 rings (SSSR count). The number of rotatable bonds is 5. The minimum atomic E-state index is -0.958. The summed E-state index contributed by atoms with van der Waals surface area (Å²) in [7, 11) is 1.58. The lowest BCUT2D eigenvalue weighted by molar-refractivity contribution is -0.132. The molecule has 1 N–H and O–H groups in total. The van der Waals surface area contributed by atoms with Crippen LogP contribution in [0.5, 0.6) is 17.2 Å². The van der Waals surface area contributed by atoms with Gasteiger partial charge in [0.1, 0.15) is 23.3 Å². The zero-order chi connectivity index (χ0) is 24.0. The van der Waals surface area contributed by atoms with Crippen molar-refractivity contribution in [2.45, 2.75) is 25.8 Å². The van der Waals surface area contributed by atoms with Crippen LogP contribution in [0.25, 0.3) is 5.76 Å². The highest BCUT2D eigenvalue weighted by Crippen LogP contribution is 2.45. The van der Waals surface area contributed by atoms with Gasteiger partial charge in [-0.2, -0.15) is 0 Å². The number of furan rings is 1. The second kappa shape index (κ2) is 8.30. The van der Waals surface area contributed by atoms with Gasteiger partial charge in [-0.05, 0) is 53.9 Å². The van der Waals surface area contributed by atoms with Crippen molar-refractivity contribution in [3.63, 3.8) is 0 Å². The summed E-state index contributed by atoms with van der Waals surface area (Å²) >= 11 is 0. The van der Waals surface area contributed by atoms with E-state index < -0.39 is 17.7 Å². The third-order valence-corrected chi connectivity index (χ3v) is 6.02. The number of anilines is 1. The molecule has 1 saturated heterocycles. The molecule has 0 radical (unpaired) electrons. The smallest absolute Gasteiger partial charge is 0.300 e. The predicted molar refractivity (Wildman–Crippen MR) is 123 cm³/mol. The van der Waals surface area contributed by atoms with Gasteiger partial charge in [0.05, 0.1) is 18.9 Å². The van der Waals surface area contributed by atoms with Gasteiger partial charge in [0.15, 0.2) is 11.5 Å². The van der Waals surface area contributed by atoms with Crippen LogP contribution >= 0.6 is 0 Å². The minimum absolute atomic E-state index is 0.0579. The molecule has 1 atom stereocenters. The van der Waals surface area contributed by atoms with Crippen LogP contribution in [0.3, 0.4) is 0 Å². The summed E-state index contributed by atoms with van der Waals surface area (Å²) in [5, 5.41) is 11.3. The van der Waals surface area contributed by atoms with E-state index in [2.05, 4.69) is 0 Å². The second-order valence-electron chi connectivity index (χ2n) is 8.33. The van der Waals surface area contributed by atoms with Crippen LogP contribution in [0, 0.1) is 0 Å². The number of aliphatic hydroxyl groups excluding tert-OH is 1. The van der Waals surface area contributed by atoms with E-state index in [4.69, 9.17) is 18.6 Å². The summed E-state index contributed by atoms with van der Waals surface area (Å²) in [6.07, 6.45) is 1.46. The number of hydrogen-bond donors (Lipinski definition) is 1. The molecule has 34 heavy (non-hydrogen) atoms. The summed E-state index contributed by atoms with van der Waals surface area (Å²) in [5.74, 6) is 0.277. The monoisotopic (exact) mass is 461 g/mol. The number of hydrogen-bond acceptors (Lipinski definition) is 7. The first kappa shape index (κ1) is 21.6. The fourth-order valence-electron chi connectivity index (χ4n) is 4.34. The number of methoxy groups -OCH3 is 1. The molecule has 0 spiro atoms. The number of Topliss-reactive ketones (excluding diaryl/α,β-unsaturated/α-hetero) is 1. The number of ketones is 1. The van der Waals surface area contributed by atoms with Crippen molar-refractivity contribution in [2.24, 2.45) is 0 Å². The number of carbonyl (C=O) groups excluding carboxylic acids is 2. The van der Waals surface area contributed by atoms with E-state index in [1.807, 2.05) is 13.8 Å².